The van der Waals surface area contributed by atoms with Crippen LogP contribution >= 0.6 is 0 Å². The maximum Gasteiger partial charge on any atom is 0.137 e. The van der Waals surface area contributed by atoms with Gasteiger partial charge in [0, 0.05) is 27.4 Å². The fourth-order valence-corrected chi connectivity index (χ4v) is 8.33. The number of benzene rings is 9. The molecule has 3 nitrogen and oxygen atoms in total. The predicted molar refractivity (Wildman–Crippen MR) is 222 cm³/mol. The quantitative estimate of drug-likeness (QED) is 0.170. The Kier molecular flexibility index (Phi) is 6.55. The van der Waals surface area contributed by atoms with Crippen molar-refractivity contribution in [3.63, 3.8) is 0 Å². The minimum atomic E-state index is 0.859. The Bertz CT molecular complexity index is 3180. The monoisotopic (exact) mass is 677 g/mol. The van der Waals surface area contributed by atoms with Crippen LogP contribution in [0.5, 0.6) is 0 Å². The first-order chi connectivity index (χ1) is 26.3. The van der Waals surface area contributed by atoms with Gasteiger partial charge in [0.25, 0.3) is 0 Å². The van der Waals surface area contributed by atoms with E-state index in [-0.39, 0.29) is 0 Å². The summed E-state index contributed by atoms with van der Waals surface area (Å²) in [6.07, 6.45) is 0. The summed E-state index contributed by atoms with van der Waals surface area (Å²) in [5.41, 5.74) is 11.3. The number of fused-ring (bicyclic) bond motifs is 9. The molecule has 2 aromatic heterocycles. The normalized spacial score (nSPS) is 11.8. The molecule has 0 atom stereocenters. The van der Waals surface area contributed by atoms with E-state index in [1.165, 1.54) is 27.1 Å². The molecule has 0 spiro atoms. The van der Waals surface area contributed by atoms with Crippen molar-refractivity contribution >= 4 is 82.5 Å². The first-order valence-corrected chi connectivity index (χ1v) is 18.0. The predicted octanol–water partition coefficient (Wildman–Crippen LogP) is 14.6. The summed E-state index contributed by atoms with van der Waals surface area (Å²) in [5.74, 6) is 0. The number of para-hydroxylation sites is 3. The lowest BCUT2D eigenvalue weighted by atomic mass is 9.92. The molecule has 0 unspecified atom stereocenters. The third-order valence-corrected chi connectivity index (χ3v) is 10.7. The van der Waals surface area contributed by atoms with Gasteiger partial charge in [-0.05, 0) is 92.8 Å². The molecule has 11 aromatic rings. The average molecular weight is 678 g/mol. The summed E-state index contributed by atoms with van der Waals surface area (Å²) in [5, 5.41) is 9.38. The summed E-state index contributed by atoms with van der Waals surface area (Å²) in [6.45, 7) is 0. The van der Waals surface area contributed by atoms with Crippen molar-refractivity contribution in [1.29, 1.82) is 0 Å². The van der Waals surface area contributed by atoms with Crippen molar-refractivity contribution < 1.29 is 8.83 Å². The molecule has 2 heterocycles. The zero-order chi connectivity index (χ0) is 34.9. The lowest BCUT2D eigenvalue weighted by Crippen LogP contribution is -2.11. The van der Waals surface area contributed by atoms with Gasteiger partial charge in [0.15, 0.2) is 0 Å². The Morgan fingerprint density at radius 3 is 1.62 bits per heavy atom. The SMILES string of the molecule is c1ccc(N(c2ccc(-c3cccc4oc5ccccc5c34)cc2)c2cccc3oc4ccccc4c23)c(-c2cc3ccccc3c3ccccc23)c1. The molecule has 0 bridgehead atoms. The van der Waals surface area contributed by atoms with Crippen LogP contribution in [-0.2, 0) is 0 Å². The Balaban J connectivity index is 1.17. The van der Waals surface area contributed by atoms with Crippen LogP contribution in [-0.4, -0.2) is 0 Å². The molecule has 0 saturated heterocycles. The molecule has 0 saturated carbocycles. The molecule has 3 heteroatoms. The van der Waals surface area contributed by atoms with Crippen LogP contribution < -0.4 is 4.90 Å². The molecule has 248 valence electrons. The summed E-state index contributed by atoms with van der Waals surface area (Å²) in [4.78, 5) is 2.40. The van der Waals surface area contributed by atoms with E-state index in [1.807, 2.05) is 24.3 Å². The van der Waals surface area contributed by atoms with Gasteiger partial charge in [-0.3, -0.25) is 0 Å². The molecule has 0 N–H and O–H groups in total. The maximum absolute atomic E-state index is 6.45. The van der Waals surface area contributed by atoms with Crippen molar-refractivity contribution in [3.05, 3.63) is 188 Å². The number of anilines is 3. The van der Waals surface area contributed by atoms with E-state index in [1.54, 1.807) is 0 Å². The topological polar surface area (TPSA) is 29.5 Å². The van der Waals surface area contributed by atoms with Gasteiger partial charge in [-0.1, -0.05) is 133 Å². The van der Waals surface area contributed by atoms with Gasteiger partial charge < -0.3 is 13.7 Å². The standard InChI is InChI=1S/C50H31NO2/c1-2-14-35-33(13-1)31-42(38-16-4-3-15-37(35)38)39-17-5-8-21-43(39)51(44-22-12-26-48-50(44)41-19-7-10-24-46(41)53-48)34-29-27-32(28-30-34)36-20-11-25-47-49(36)40-18-6-9-23-45(40)52-47/h1-31H. The highest BCUT2D eigenvalue weighted by molar-refractivity contribution is 6.17. The number of nitrogens with zero attached hydrogens (tertiary/aromatic N) is 1. The van der Waals surface area contributed by atoms with Crippen molar-refractivity contribution in [1.82, 2.24) is 0 Å². The molecule has 11 rings (SSSR count). The first-order valence-electron chi connectivity index (χ1n) is 18.0. The fraction of sp³-hybridized carbons (Fsp3) is 0. The lowest BCUT2D eigenvalue weighted by Gasteiger charge is -2.29. The van der Waals surface area contributed by atoms with Crippen LogP contribution in [0.1, 0.15) is 0 Å². The molecule has 9 aromatic carbocycles. The van der Waals surface area contributed by atoms with Crippen molar-refractivity contribution in [2.45, 2.75) is 0 Å². The number of furan rings is 2. The summed E-state index contributed by atoms with van der Waals surface area (Å²) < 4.78 is 12.7. The van der Waals surface area contributed by atoms with Crippen LogP contribution in [0.15, 0.2) is 197 Å². The number of rotatable bonds is 5. The molecule has 0 fully saturated rings. The van der Waals surface area contributed by atoms with Gasteiger partial charge >= 0.3 is 0 Å². The molecule has 0 aliphatic rings. The summed E-state index contributed by atoms with van der Waals surface area (Å²) in [7, 11) is 0. The van der Waals surface area contributed by atoms with E-state index in [2.05, 4.69) is 169 Å². The molecular formula is C50H31NO2. The Hall–Kier alpha value is -7.10. The fourth-order valence-electron chi connectivity index (χ4n) is 8.33. The van der Waals surface area contributed by atoms with Crippen LogP contribution in [0.25, 0.3) is 87.7 Å². The average Bonchev–Trinajstić information content (AvgIpc) is 3.80. The number of hydrogen-bond donors (Lipinski definition) is 0. The van der Waals surface area contributed by atoms with E-state index in [0.29, 0.717) is 0 Å². The molecular weight excluding hydrogens is 647 g/mol. The highest BCUT2D eigenvalue weighted by Gasteiger charge is 2.23. The zero-order valence-corrected chi connectivity index (χ0v) is 28.7. The highest BCUT2D eigenvalue weighted by atomic mass is 16.3. The smallest absolute Gasteiger partial charge is 0.137 e. The summed E-state index contributed by atoms with van der Waals surface area (Å²) >= 11 is 0. The van der Waals surface area contributed by atoms with Gasteiger partial charge in [-0.2, -0.15) is 0 Å². The number of hydrogen-bond acceptors (Lipinski definition) is 3. The highest BCUT2D eigenvalue weighted by Crippen LogP contribution is 2.48. The van der Waals surface area contributed by atoms with E-state index in [4.69, 9.17) is 8.83 Å². The second-order valence-corrected chi connectivity index (χ2v) is 13.6. The van der Waals surface area contributed by atoms with Crippen molar-refractivity contribution in [3.8, 4) is 22.3 Å². The first kappa shape index (κ1) is 29.6. The van der Waals surface area contributed by atoms with E-state index in [9.17, 15) is 0 Å². The van der Waals surface area contributed by atoms with Gasteiger partial charge in [0.2, 0.25) is 0 Å². The van der Waals surface area contributed by atoms with Crippen molar-refractivity contribution in [2.24, 2.45) is 0 Å². The van der Waals surface area contributed by atoms with Crippen LogP contribution in [0.4, 0.5) is 17.1 Å². The molecule has 53 heavy (non-hydrogen) atoms. The molecule has 0 aliphatic heterocycles. The van der Waals surface area contributed by atoms with Gasteiger partial charge in [0.05, 0.1) is 16.8 Å². The molecule has 0 aliphatic carbocycles. The maximum atomic E-state index is 6.45. The van der Waals surface area contributed by atoms with Crippen LogP contribution in [0.2, 0.25) is 0 Å². The molecule has 0 amide bonds. The lowest BCUT2D eigenvalue weighted by molar-refractivity contribution is 0.668. The Morgan fingerprint density at radius 1 is 0.321 bits per heavy atom. The van der Waals surface area contributed by atoms with Crippen LogP contribution in [0, 0.1) is 0 Å². The third-order valence-electron chi connectivity index (χ3n) is 10.7. The van der Waals surface area contributed by atoms with Crippen LogP contribution in [0.3, 0.4) is 0 Å². The minimum absolute atomic E-state index is 0.859. The van der Waals surface area contributed by atoms with Gasteiger partial charge in [-0.25, -0.2) is 0 Å². The van der Waals surface area contributed by atoms with Gasteiger partial charge in [0.1, 0.15) is 22.3 Å². The zero-order valence-electron chi connectivity index (χ0n) is 28.7. The van der Waals surface area contributed by atoms with E-state index < -0.39 is 0 Å². The largest absolute Gasteiger partial charge is 0.456 e. The van der Waals surface area contributed by atoms with E-state index in [0.717, 1.165) is 77.6 Å². The Labute approximate surface area is 305 Å². The second-order valence-electron chi connectivity index (χ2n) is 13.6. The van der Waals surface area contributed by atoms with Crippen molar-refractivity contribution in [2.75, 3.05) is 4.90 Å². The molecule has 0 radical (unpaired) electrons. The second kappa shape index (κ2) is 11.7. The summed E-state index contributed by atoms with van der Waals surface area (Å²) in [6, 6.07) is 66.8. The Morgan fingerprint density at radius 2 is 0.849 bits per heavy atom. The van der Waals surface area contributed by atoms with E-state index >= 15 is 0 Å². The third kappa shape index (κ3) is 4.61. The minimum Gasteiger partial charge on any atom is -0.456 e. The van der Waals surface area contributed by atoms with Gasteiger partial charge in [-0.15, -0.1) is 0 Å².